The lowest BCUT2D eigenvalue weighted by molar-refractivity contribution is 0.155. The van der Waals surface area contributed by atoms with E-state index in [0.29, 0.717) is 5.69 Å². The van der Waals surface area contributed by atoms with E-state index in [-0.39, 0.29) is 6.61 Å². The number of rotatable bonds is 3. The fourth-order valence-electron chi connectivity index (χ4n) is 1.22. The summed E-state index contributed by atoms with van der Waals surface area (Å²) in [6.07, 6.45) is 5.98. The molecular weight excluding hydrogens is 218 g/mol. The number of aromatic nitrogens is 2. The fourth-order valence-corrected chi connectivity index (χ4v) is 1.22. The molecule has 0 unspecified atom stereocenters. The Morgan fingerprint density at radius 2 is 2.00 bits per heavy atom. The quantitative estimate of drug-likeness (QED) is 0.876. The van der Waals surface area contributed by atoms with Crippen LogP contribution in [0.2, 0.25) is 0 Å². The van der Waals surface area contributed by atoms with E-state index in [0.717, 1.165) is 5.56 Å². The maximum atomic E-state index is 11.4. The van der Waals surface area contributed by atoms with Crippen LogP contribution >= 0.6 is 0 Å². The van der Waals surface area contributed by atoms with Crippen LogP contribution in [0.4, 0.5) is 10.5 Å². The second kappa shape index (κ2) is 5.60. The standard InChI is InChI=1S/C12H11N3O2/c16-12(15-11-2-1-5-14-8-11)17-9-10-3-6-13-7-4-10/h1-8H,9H2,(H,15,16). The molecule has 17 heavy (non-hydrogen) atoms. The number of pyridine rings is 2. The number of hydrogen-bond acceptors (Lipinski definition) is 4. The Balaban J connectivity index is 1.83. The van der Waals surface area contributed by atoms with Gasteiger partial charge in [0, 0.05) is 18.6 Å². The molecule has 0 atom stereocenters. The molecule has 0 fully saturated rings. The molecule has 0 aliphatic rings. The van der Waals surface area contributed by atoms with Crippen molar-refractivity contribution >= 4 is 11.8 Å². The normalized spacial score (nSPS) is 9.65. The molecule has 0 aliphatic carbocycles. The van der Waals surface area contributed by atoms with Gasteiger partial charge in [0.25, 0.3) is 0 Å². The highest BCUT2D eigenvalue weighted by molar-refractivity contribution is 5.84. The Morgan fingerprint density at radius 3 is 2.71 bits per heavy atom. The molecule has 1 amide bonds. The minimum atomic E-state index is -0.505. The molecule has 5 nitrogen and oxygen atoms in total. The predicted molar refractivity (Wildman–Crippen MR) is 62.3 cm³/mol. The summed E-state index contributed by atoms with van der Waals surface area (Å²) in [5, 5.41) is 2.57. The Hall–Kier alpha value is -2.43. The molecule has 1 N–H and O–H groups in total. The van der Waals surface area contributed by atoms with Crippen molar-refractivity contribution in [2.45, 2.75) is 6.61 Å². The van der Waals surface area contributed by atoms with E-state index in [1.54, 1.807) is 49.1 Å². The van der Waals surface area contributed by atoms with Crippen LogP contribution in [-0.2, 0) is 11.3 Å². The van der Waals surface area contributed by atoms with E-state index in [1.165, 1.54) is 0 Å². The Morgan fingerprint density at radius 1 is 1.18 bits per heavy atom. The lowest BCUT2D eigenvalue weighted by Gasteiger charge is -2.06. The third-order valence-corrected chi connectivity index (χ3v) is 2.03. The summed E-state index contributed by atoms with van der Waals surface area (Å²) >= 11 is 0. The van der Waals surface area contributed by atoms with Crippen molar-refractivity contribution in [3.8, 4) is 0 Å². The van der Waals surface area contributed by atoms with Crippen molar-refractivity contribution in [1.29, 1.82) is 0 Å². The first-order chi connectivity index (χ1) is 8.34. The summed E-state index contributed by atoms with van der Waals surface area (Å²) in [5.41, 5.74) is 1.49. The summed E-state index contributed by atoms with van der Waals surface area (Å²) in [7, 11) is 0. The number of nitrogens with one attached hydrogen (secondary N) is 1. The summed E-state index contributed by atoms with van der Waals surface area (Å²) in [5.74, 6) is 0. The fraction of sp³-hybridized carbons (Fsp3) is 0.0833. The maximum Gasteiger partial charge on any atom is 0.412 e. The van der Waals surface area contributed by atoms with Gasteiger partial charge in [-0.2, -0.15) is 0 Å². The average Bonchev–Trinajstić information content (AvgIpc) is 2.39. The van der Waals surface area contributed by atoms with Crippen LogP contribution < -0.4 is 5.32 Å². The molecule has 0 saturated heterocycles. The number of carbonyl (C=O) groups is 1. The van der Waals surface area contributed by atoms with Gasteiger partial charge in [-0.1, -0.05) is 0 Å². The number of anilines is 1. The van der Waals surface area contributed by atoms with E-state index in [4.69, 9.17) is 4.74 Å². The molecule has 0 spiro atoms. The molecule has 2 aromatic rings. The van der Waals surface area contributed by atoms with Gasteiger partial charge in [-0.3, -0.25) is 15.3 Å². The van der Waals surface area contributed by atoms with E-state index >= 15 is 0 Å². The van der Waals surface area contributed by atoms with Crippen LogP contribution in [0.1, 0.15) is 5.56 Å². The van der Waals surface area contributed by atoms with Gasteiger partial charge < -0.3 is 4.74 Å². The number of hydrogen-bond donors (Lipinski definition) is 1. The van der Waals surface area contributed by atoms with Crippen molar-refractivity contribution in [2.24, 2.45) is 0 Å². The van der Waals surface area contributed by atoms with Crippen LogP contribution in [0.25, 0.3) is 0 Å². The molecular formula is C12H11N3O2. The number of ether oxygens (including phenoxy) is 1. The van der Waals surface area contributed by atoms with Crippen molar-refractivity contribution in [2.75, 3.05) is 5.32 Å². The van der Waals surface area contributed by atoms with E-state index in [9.17, 15) is 4.79 Å². The van der Waals surface area contributed by atoms with E-state index < -0.39 is 6.09 Å². The van der Waals surface area contributed by atoms with Crippen molar-refractivity contribution in [3.63, 3.8) is 0 Å². The first-order valence-electron chi connectivity index (χ1n) is 5.07. The molecule has 0 radical (unpaired) electrons. The lowest BCUT2D eigenvalue weighted by Crippen LogP contribution is -2.13. The van der Waals surface area contributed by atoms with Crippen molar-refractivity contribution < 1.29 is 9.53 Å². The highest BCUT2D eigenvalue weighted by Gasteiger charge is 2.02. The number of carbonyl (C=O) groups excluding carboxylic acids is 1. The van der Waals surface area contributed by atoms with Gasteiger partial charge in [0.2, 0.25) is 0 Å². The van der Waals surface area contributed by atoms with Gasteiger partial charge >= 0.3 is 6.09 Å². The Labute approximate surface area is 98.5 Å². The van der Waals surface area contributed by atoms with Crippen LogP contribution in [0.3, 0.4) is 0 Å². The van der Waals surface area contributed by atoms with Gasteiger partial charge in [-0.05, 0) is 29.8 Å². The lowest BCUT2D eigenvalue weighted by atomic mass is 10.3. The number of amides is 1. The third kappa shape index (κ3) is 3.57. The zero-order valence-electron chi connectivity index (χ0n) is 9.04. The topological polar surface area (TPSA) is 64.1 Å². The second-order valence-electron chi connectivity index (χ2n) is 3.30. The molecule has 2 rings (SSSR count). The van der Waals surface area contributed by atoms with Crippen LogP contribution in [0, 0.1) is 0 Å². The molecule has 0 aromatic carbocycles. The largest absolute Gasteiger partial charge is 0.444 e. The Bertz CT molecular complexity index is 474. The number of nitrogens with zero attached hydrogens (tertiary/aromatic N) is 2. The molecule has 0 aliphatic heterocycles. The van der Waals surface area contributed by atoms with E-state index in [1.807, 2.05) is 0 Å². The van der Waals surface area contributed by atoms with Crippen LogP contribution in [0.15, 0.2) is 49.1 Å². The van der Waals surface area contributed by atoms with Crippen molar-refractivity contribution in [3.05, 3.63) is 54.6 Å². The molecule has 0 bridgehead atoms. The molecule has 2 heterocycles. The molecule has 2 aromatic heterocycles. The van der Waals surface area contributed by atoms with Gasteiger partial charge in [0.15, 0.2) is 0 Å². The zero-order chi connectivity index (χ0) is 11.9. The molecule has 5 heteroatoms. The zero-order valence-corrected chi connectivity index (χ0v) is 9.04. The summed E-state index contributed by atoms with van der Waals surface area (Å²) in [4.78, 5) is 19.2. The highest BCUT2D eigenvalue weighted by Crippen LogP contribution is 2.04. The maximum absolute atomic E-state index is 11.4. The first kappa shape index (κ1) is 11.1. The minimum Gasteiger partial charge on any atom is -0.444 e. The summed E-state index contributed by atoms with van der Waals surface area (Å²) in [6.45, 7) is 0.217. The molecule has 0 saturated carbocycles. The van der Waals surface area contributed by atoms with Crippen LogP contribution in [-0.4, -0.2) is 16.1 Å². The SMILES string of the molecule is O=C(Nc1cccnc1)OCc1ccncc1. The third-order valence-electron chi connectivity index (χ3n) is 2.03. The van der Waals surface area contributed by atoms with Crippen molar-refractivity contribution in [1.82, 2.24) is 9.97 Å². The van der Waals surface area contributed by atoms with E-state index in [2.05, 4.69) is 15.3 Å². The average molecular weight is 229 g/mol. The van der Waals surface area contributed by atoms with Crippen LogP contribution in [0.5, 0.6) is 0 Å². The second-order valence-corrected chi connectivity index (χ2v) is 3.30. The molecule has 86 valence electrons. The minimum absolute atomic E-state index is 0.217. The van der Waals surface area contributed by atoms with Gasteiger partial charge in [0.1, 0.15) is 6.61 Å². The smallest absolute Gasteiger partial charge is 0.412 e. The highest BCUT2D eigenvalue weighted by atomic mass is 16.5. The van der Waals surface area contributed by atoms with Gasteiger partial charge in [-0.15, -0.1) is 0 Å². The monoisotopic (exact) mass is 229 g/mol. The van der Waals surface area contributed by atoms with Gasteiger partial charge in [-0.25, -0.2) is 4.79 Å². The summed E-state index contributed by atoms with van der Waals surface area (Å²) < 4.78 is 5.03. The summed E-state index contributed by atoms with van der Waals surface area (Å²) in [6, 6.07) is 7.05. The van der Waals surface area contributed by atoms with Gasteiger partial charge in [0.05, 0.1) is 11.9 Å². The predicted octanol–water partition coefficient (Wildman–Crippen LogP) is 2.23. The Kier molecular flexibility index (Phi) is 3.64. The first-order valence-corrected chi connectivity index (χ1v) is 5.07.